The molecule has 2 heterocycles. The Balaban J connectivity index is 1.88. The van der Waals surface area contributed by atoms with Gasteiger partial charge in [0.15, 0.2) is 5.69 Å². The zero-order valence-electron chi connectivity index (χ0n) is 16.2. The van der Waals surface area contributed by atoms with Gasteiger partial charge in [0, 0.05) is 10.3 Å². The normalized spacial score (nSPS) is 11.0. The highest BCUT2D eigenvalue weighted by Gasteiger charge is 2.19. The standard InChI is InChI=1S/C20H22N4O3S/c1-5-15-12(4)10-16(28-15)18(25)21-22-19(26)17-13-8-6-7-9-14(13)20(27)24(23-17)11(2)3/h6-11H,5H2,1-4H3,(H,21,25)(H,22,26). The van der Waals surface area contributed by atoms with Gasteiger partial charge in [-0.3, -0.25) is 25.2 Å². The second kappa shape index (κ2) is 7.93. The van der Waals surface area contributed by atoms with Crippen LogP contribution in [0.5, 0.6) is 0 Å². The van der Waals surface area contributed by atoms with Crippen molar-refractivity contribution in [3.05, 3.63) is 61.7 Å². The number of fused-ring (bicyclic) bond motifs is 1. The minimum Gasteiger partial charge on any atom is -0.267 e. The van der Waals surface area contributed by atoms with Crippen molar-refractivity contribution in [1.29, 1.82) is 0 Å². The second-order valence-corrected chi connectivity index (χ2v) is 7.85. The molecule has 0 fully saturated rings. The van der Waals surface area contributed by atoms with Gasteiger partial charge < -0.3 is 0 Å². The van der Waals surface area contributed by atoms with Gasteiger partial charge in [-0.1, -0.05) is 25.1 Å². The van der Waals surface area contributed by atoms with Crippen LogP contribution in [0.3, 0.4) is 0 Å². The van der Waals surface area contributed by atoms with Crippen molar-refractivity contribution < 1.29 is 9.59 Å². The number of nitrogens with one attached hydrogen (secondary N) is 2. The number of hydrogen-bond donors (Lipinski definition) is 2. The Bertz CT molecular complexity index is 1110. The van der Waals surface area contributed by atoms with E-state index in [1.165, 1.54) is 16.0 Å². The third kappa shape index (κ3) is 3.68. The van der Waals surface area contributed by atoms with E-state index in [-0.39, 0.29) is 23.2 Å². The van der Waals surface area contributed by atoms with E-state index in [2.05, 4.69) is 16.0 Å². The molecule has 1 aromatic carbocycles. The fourth-order valence-corrected chi connectivity index (χ4v) is 3.95. The third-order valence-corrected chi connectivity index (χ3v) is 5.77. The van der Waals surface area contributed by atoms with Crippen LogP contribution in [0.15, 0.2) is 35.1 Å². The number of carbonyl (C=O) groups is 2. The lowest BCUT2D eigenvalue weighted by molar-refractivity contribution is 0.0845. The fraction of sp³-hybridized carbons (Fsp3) is 0.300. The number of hydrazine groups is 1. The Morgan fingerprint density at radius 1 is 1.14 bits per heavy atom. The quantitative estimate of drug-likeness (QED) is 0.661. The molecule has 0 aliphatic carbocycles. The highest BCUT2D eigenvalue weighted by Crippen LogP contribution is 2.22. The van der Waals surface area contributed by atoms with Gasteiger partial charge in [-0.2, -0.15) is 5.10 Å². The SMILES string of the molecule is CCc1sc(C(=O)NNC(=O)c2nn(C(C)C)c(=O)c3ccccc23)cc1C. The Morgan fingerprint density at radius 3 is 2.39 bits per heavy atom. The molecule has 3 rings (SSSR count). The average Bonchev–Trinajstić information content (AvgIpc) is 3.07. The molecule has 0 aliphatic rings. The van der Waals surface area contributed by atoms with E-state index in [4.69, 9.17) is 0 Å². The van der Waals surface area contributed by atoms with Crippen LogP contribution in [0, 0.1) is 6.92 Å². The van der Waals surface area contributed by atoms with Gasteiger partial charge in [0.2, 0.25) is 0 Å². The Labute approximate surface area is 166 Å². The second-order valence-electron chi connectivity index (χ2n) is 6.72. The molecule has 2 aromatic heterocycles. The van der Waals surface area contributed by atoms with Crippen LogP contribution < -0.4 is 16.4 Å². The number of aromatic nitrogens is 2. The van der Waals surface area contributed by atoms with Crippen molar-refractivity contribution in [3.63, 3.8) is 0 Å². The predicted octanol–water partition coefficient (Wildman–Crippen LogP) is 2.98. The van der Waals surface area contributed by atoms with Gasteiger partial charge in [0.25, 0.3) is 17.4 Å². The predicted molar refractivity (Wildman–Crippen MR) is 110 cm³/mol. The van der Waals surface area contributed by atoms with Crippen LogP contribution in [-0.2, 0) is 6.42 Å². The molecule has 8 heteroatoms. The molecule has 146 valence electrons. The lowest BCUT2D eigenvalue weighted by Crippen LogP contribution is -2.42. The summed E-state index contributed by atoms with van der Waals surface area (Å²) in [4.78, 5) is 39.3. The van der Waals surface area contributed by atoms with Gasteiger partial charge in [-0.05, 0) is 44.9 Å². The van der Waals surface area contributed by atoms with Crippen molar-refractivity contribution in [2.75, 3.05) is 0 Å². The summed E-state index contributed by atoms with van der Waals surface area (Å²) in [5.41, 5.74) is 5.73. The van der Waals surface area contributed by atoms with E-state index in [9.17, 15) is 14.4 Å². The summed E-state index contributed by atoms with van der Waals surface area (Å²) in [5, 5.41) is 5.07. The molecule has 0 bridgehead atoms. The lowest BCUT2D eigenvalue weighted by atomic mass is 10.1. The lowest BCUT2D eigenvalue weighted by Gasteiger charge is -2.13. The number of rotatable bonds is 4. The van der Waals surface area contributed by atoms with Gasteiger partial charge in [-0.15, -0.1) is 11.3 Å². The molecular weight excluding hydrogens is 376 g/mol. The smallest absolute Gasteiger partial charge is 0.267 e. The molecule has 28 heavy (non-hydrogen) atoms. The minimum absolute atomic E-state index is 0.0841. The van der Waals surface area contributed by atoms with E-state index < -0.39 is 5.91 Å². The highest BCUT2D eigenvalue weighted by atomic mass is 32.1. The molecule has 0 aliphatic heterocycles. The van der Waals surface area contributed by atoms with Crippen LogP contribution >= 0.6 is 11.3 Å². The van der Waals surface area contributed by atoms with Crippen molar-refractivity contribution in [2.24, 2.45) is 0 Å². The maximum Gasteiger partial charge on any atom is 0.290 e. The van der Waals surface area contributed by atoms with Crippen LogP contribution in [0.1, 0.15) is 57.4 Å². The van der Waals surface area contributed by atoms with Crippen molar-refractivity contribution in [1.82, 2.24) is 20.6 Å². The molecule has 0 saturated heterocycles. The van der Waals surface area contributed by atoms with Crippen molar-refractivity contribution in [3.8, 4) is 0 Å². The first-order valence-corrected chi connectivity index (χ1v) is 9.86. The zero-order chi connectivity index (χ0) is 20.4. The first-order chi connectivity index (χ1) is 13.3. The number of amides is 2. The van der Waals surface area contributed by atoms with Crippen LogP contribution in [0.25, 0.3) is 10.8 Å². The number of thiophene rings is 1. The number of nitrogens with zero attached hydrogens (tertiary/aromatic N) is 2. The number of aryl methyl sites for hydroxylation is 2. The average molecular weight is 398 g/mol. The Kier molecular flexibility index (Phi) is 5.60. The molecule has 3 aromatic rings. The number of benzene rings is 1. The molecule has 0 spiro atoms. The molecule has 0 radical (unpaired) electrons. The van der Waals surface area contributed by atoms with Crippen LogP contribution in [-0.4, -0.2) is 21.6 Å². The summed E-state index contributed by atoms with van der Waals surface area (Å²) in [7, 11) is 0. The maximum absolute atomic E-state index is 12.7. The first-order valence-electron chi connectivity index (χ1n) is 9.05. The van der Waals surface area contributed by atoms with Crippen molar-refractivity contribution >= 4 is 33.9 Å². The maximum atomic E-state index is 12.7. The van der Waals surface area contributed by atoms with Gasteiger partial charge >= 0.3 is 0 Å². The van der Waals surface area contributed by atoms with E-state index in [1.807, 2.05) is 27.7 Å². The van der Waals surface area contributed by atoms with E-state index in [1.54, 1.807) is 30.3 Å². The van der Waals surface area contributed by atoms with Crippen molar-refractivity contribution in [2.45, 2.75) is 40.2 Å². The van der Waals surface area contributed by atoms with E-state index >= 15 is 0 Å². The molecule has 7 nitrogen and oxygen atoms in total. The molecular formula is C20H22N4O3S. The summed E-state index contributed by atoms with van der Waals surface area (Å²) < 4.78 is 1.27. The van der Waals surface area contributed by atoms with Crippen LogP contribution in [0.4, 0.5) is 0 Å². The van der Waals surface area contributed by atoms with Gasteiger partial charge in [0.05, 0.1) is 16.3 Å². The molecule has 0 saturated carbocycles. The number of carbonyl (C=O) groups excluding carboxylic acids is 2. The molecule has 0 unspecified atom stereocenters. The summed E-state index contributed by atoms with van der Waals surface area (Å²) >= 11 is 1.40. The van der Waals surface area contributed by atoms with E-state index in [0.29, 0.717) is 15.6 Å². The summed E-state index contributed by atoms with van der Waals surface area (Å²) in [6.45, 7) is 7.62. The monoisotopic (exact) mass is 398 g/mol. The molecule has 0 atom stereocenters. The highest BCUT2D eigenvalue weighted by molar-refractivity contribution is 7.14. The Morgan fingerprint density at radius 2 is 1.79 bits per heavy atom. The third-order valence-electron chi connectivity index (χ3n) is 4.39. The zero-order valence-corrected chi connectivity index (χ0v) is 17.0. The van der Waals surface area contributed by atoms with E-state index in [0.717, 1.165) is 16.9 Å². The fourth-order valence-electron chi connectivity index (χ4n) is 2.94. The van der Waals surface area contributed by atoms with Crippen LogP contribution in [0.2, 0.25) is 0 Å². The summed E-state index contributed by atoms with van der Waals surface area (Å²) in [6.07, 6.45) is 0.850. The number of hydrogen-bond acceptors (Lipinski definition) is 5. The van der Waals surface area contributed by atoms with Gasteiger partial charge in [-0.25, -0.2) is 4.68 Å². The minimum atomic E-state index is -0.581. The first kappa shape index (κ1) is 19.8. The largest absolute Gasteiger partial charge is 0.290 e. The summed E-state index contributed by atoms with van der Waals surface area (Å²) in [5.74, 6) is -0.967. The summed E-state index contributed by atoms with van der Waals surface area (Å²) in [6, 6.07) is 8.40. The topological polar surface area (TPSA) is 93.1 Å². The Hall–Kier alpha value is -3.00. The molecule has 2 amide bonds. The molecule has 2 N–H and O–H groups in total. The van der Waals surface area contributed by atoms with Gasteiger partial charge in [0.1, 0.15) is 0 Å².